The van der Waals surface area contributed by atoms with Crippen molar-refractivity contribution < 1.29 is 10.2 Å². The molecule has 0 aliphatic heterocycles. The fourth-order valence-corrected chi connectivity index (χ4v) is 3.85. The fraction of sp³-hybridized carbons (Fsp3) is 0.364. The van der Waals surface area contributed by atoms with Gasteiger partial charge in [-0.15, -0.1) is 0 Å². The maximum absolute atomic E-state index is 9.88. The second-order valence-corrected chi connectivity index (χ2v) is 7.40. The molecule has 0 saturated carbocycles. The Morgan fingerprint density at radius 1 is 1.00 bits per heavy atom. The minimum atomic E-state index is -0.0970. The van der Waals surface area contributed by atoms with Crippen LogP contribution in [0.3, 0.4) is 0 Å². The van der Waals surface area contributed by atoms with Crippen molar-refractivity contribution in [1.29, 1.82) is 0 Å². The van der Waals surface area contributed by atoms with Crippen LogP contribution in [0, 0.1) is 5.92 Å². The van der Waals surface area contributed by atoms with Gasteiger partial charge in [-0.3, -0.25) is 0 Å². The highest BCUT2D eigenvalue weighted by Crippen LogP contribution is 2.47. The Morgan fingerprint density at radius 2 is 1.67 bits per heavy atom. The monoisotopic (exact) mass is 322 g/mol. The highest BCUT2D eigenvalue weighted by molar-refractivity contribution is 5.78. The normalized spacial score (nSPS) is 22.4. The lowest BCUT2D eigenvalue weighted by atomic mass is 9.70. The van der Waals surface area contributed by atoms with Crippen LogP contribution in [0.25, 0.3) is 5.57 Å². The van der Waals surface area contributed by atoms with Crippen LogP contribution in [0.5, 0.6) is 11.5 Å². The molecule has 1 atom stereocenters. The average Bonchev–Trinajstić information content (AvgIpc) is 2.65. The predicted octanol–water partition coefficient (Wildman–Crippen LogP) is 5.43. The first-order valence-electron chi connectivity index (χ1n) is 8.74. The minimum Gasteiger partial charge on any atom is -0.508 e. The number of aromatic hydroxyl groups is 2. The first-order chi connectivity index (χ1) is 11.4. The third kappa shape index (κ3) is 3.06. The Bertz CT molecular complexity index is 756. The van der Waals surface area contributed by atoms with Crippen molar-refractivity contribution in [3.05, 3.63) is 65.2 Å². The van der Waals surface area contributed by atoms with E-state index in [4.69, 9.17) is 0 Å². The summed E-state index contributed by atoms with van der Waals surface area (Å²) in [7, 11) is 0. The van der Waals surface area contributed by atoms with Gasteiger partial charge in [0.25, 0.3) is 0 Å². The van der Waals surface area contributed by atoms with Gasteiger partial charge >= 0.3 is 0 Å². The van der Waals surface area contributed by atoms with Crippen molar-refractivity contribution in [2.24, 2.45) is 5.92 Å². The van der Waals surface area contributed by atoms with Crippen molar-refractivity contribution in [2.75, 3.05) is 0 Å². The second kappa shape index (κ2) is 6.35. The van der Waals surface area contributed by atoms with Crippen LogP contribution in [0.1, 0.15) is 50.3 Å². The number of phenolic OH excluding ortho intramolecular Hbond substituents is 2. The summed E-state index contributed by atoms with van der Waals surface area (Å²) in [5, 5.41) is 19.5. The van der Waals surface area contributed by atoms with Crippen molar-refractivity contribution in [1.82, 2.24) is 0 Å². The minimum absolute atomic E-state index is 0.0970. The smallest absolute Gasteiger partial charge is 0.115 e. The van der Waals surface area contributed by atoms with E-state index in [-0.39, 0.29) is 5.41 Å². The van der Waals surface area contributed by atoms with E-state index in [9.17, 15) is 10.2 Å². The molecule has 0 heterocycles. The van der Waals surface area contributed by atoms with Gasteiger partial charge in [-0.05, 0) is 71.7 Å². The lowest BCUT2D eigenvalue weighted by Gasteiger charge is -2.33. The van der Waals surface area contributed by atoms with Gasteiger partial charge in [0.15, 0.2) is 0 Å². The molecule has 0 bridgehead atoms. The summed E-state index contributed by atoms with van der Waals surface area (Å²) in [6, 6.07) is 13.4. The molecule has 1 unspecified atom stereocenters. The summed E-state index contributed by atoms with van der Waals surface area (Å²) in [4.78, 5) is 0. The van der Waals surface area contributed by atoms with Crippen LogP contribution in [-0.4, -0.2) is 10.2 Å². The van der Waals surface area contributed by atoms with E-state index in [2.05, 4.69) is 32.9 Å². The molecule has 1 aliphatic rings. The Morgan fingerprint density at radius 3 is 2.33 bits per heavy atom. The van der Waals surface area contributed by atoms with Gasteiger partial charge in [-0.1, -0.05) is 45.0 Å². The summed E-state index contributed by atoms with van der Waals surface area (Å²) in [6.45, 7) is 6.71. The third-order valence-electron chi connectivity index (χ3n) is 5.10. The lowest BCUT2D eigenvalue weighted by Crippen LogP contribution is -2.23. The van der Waals surface area contributed by atoms with E-state index in [1.54, 1.807) is 18.2 Å². The number of hydrogen-bond donors (Lipinski definition) is 2. The molecule has 2 N–H and O–H groups in total. The average molecular weight is 322 g/mol. The van der Waals surface area contributed by atoms with Crippen molar-refractivity contribution >= 4 is 5.57 Å². The second-order valence-electron chi connectivity index (χ2n) is 7.40. The van der Waals surface area contributed by atoms with Crippen LogP contribution in [-0.2, 0) is 11.8 Å². The molecule has 0 saturated heterocycles. The predicted molar refractivity (Wildman–Crippen MR) is 99.3 cm³/mol. The molecule has 2 nitrogen and oxygen atoms in total. The van der Waals surface area contributed by atoms with Crippen LogP contribution in [0.15, 0.2) is 48.5 Å². The Labute approximate surface area is 144 Å². The van der Waals surface area contributed by atoms with E-state index in [0.717, 1.165) is 19.3 Å². The summed E-state index contributed by atoms with van der Waals surface area (Å²) < 4.78 is 0. The molecular formula is C22H26O2. The molecule has 0 aromatic heterocycles. The van der Waals surface area contributed by atoms with E-state index in [1.807, 2.05) is 18.2 Å². The molecule has 0 fully saturated rings. The number of fused-ring (bicyclic) bond motifs is 1. The first kappa shape index (κ1) is 16.6. The fourth-order valence-electron chi connectivity index (χ4n) is 3.85. The van der Waals surface area contributed by atoms with Gasteiger partial charge in [-0.2, -0.15) is 0 Å². The number of phenols is 2. The maximum atomic E-state index is 9.88. The van der Waals surface area contributed by atoms with E-state index in [0.29, 0.717) is 17.4 Å². The largest absolute Gasteiger partial charge is 0.508 e. The quantitative estimate of drug-likeness (QED) is 0.724. The Balaban J connectivity index is 2.21. The maximum Gasteiger partial charge on any atom is 0.115 e. The van der Waals surface area contributed by atoms with Crippen LogP contribution >= 0.6 is 0 Å². The zero-order chi connectivity index (χ0) is 17.3. The molecule has 2 aromatic carbocycles. The van der Waals surface area contributed by atoms with Crippen molar-refractivity contribution in [2.45, 2.75) is 45.4 Å². The number of allylic oxidation sites excluding steroid dienone is 2. The van der Waals surface area contributed by atoms with Crippen molar-refractivity contribution in [3.8, 4) is 11.5 Å². The summed E-state index contributed by atoms with van der Waals surface area (Å²) in [6.07, 6.45) is 5.45. The van der Waals surface area contributed by atoms with Gasteiger partial charge in [0.2, 0.25) is 0 Å². The molecule has 0 radical (unpaired) electrons. The zero-order valence-corrected chi connectivity index (χ0v) is 14.7. The summed E-state index contributed by atoms with van der Waals surface area (Å²) in [5.74, 6) is 1.08. The SMILES string of the molecule is CC(C)/C=C1\c2ccc(O)cc2CCCC1(C)c1ccc(O)cc1. The number of hydrogen-bond acceptors (Lipinski definition) is 2. The van der Waals surface area contributed by atoms with Gasteiger partial charge < -0.3 is 10.2 Å². The Kier molecular flexibility index (Phi) is 4.40. The van der Waals surface area contributed by atoms with Gasteiger partial charge in [0.05, 0.1) is 0 Å². The molecule has 1 aliphatic carbocycles. The first-order valence-corrected chi connectivity index (χ1v) is 8.74. The van der Waals surface area contributed by atoms with E-state index < -0.39 is 0 Å². The Hall–Kier alpha value is -2.22. The van der Waals surface area contributed by atoms with Gasteiger partial charge in [0, 0.05) is 5.41 Å². The molecule has 24 heavy (non-hydrogen) atoms. The van der Waals surface area contributed by atoms with E-state index >= 15 is 0 Å². The molecule has 0 spiro atoms. The van der Waals surface area contributed by atoms with Crippen LogP contribution in [0.4, 0.5) is 0 Å². The highest BCUT2D eigenvalue weighted by Gasteiger charge is 2.34. The summed E-state index contributed by atoms with van der Waals surface area (Å²) >= 11 is 0. The topological polar surface area (TPSA) is 40.5 Å². The molecule has 2 aromatic rings. The van der Waals surface area contributed by atoms with E-state index in [1.165, 1.54) is 22.3 Å². The molecule has 126 valence electrons. The van der Waals surface area contributed by atoms with Gasteiger partial charge in [-0.25, -0.2) is 0 Å². The number of aryl methyl sites for hydroxylation is 1. The number of rotatable bonds is 2. The van der Waals surface area contributed by atoms with Crippen molar-refractivity contribution in [3.63, 3.8) is 0 Å². The lowest BCUT2D eigenvalue weighted by molar-refractivity contribution is 0.473. The third-order valence-corrected chi connectivity index (χ3v) is 5.10. The molecule has 3 rings (SSSR count). The molecule has 2 heteroatoms. The van der Waals surface area contributed by atoms with Crippen LogP contribution in [0.2, 0.25) is 0 Å². The van der Waals surface area contributed by atoms with Gasteiger partial charge in [0.1, 0.15) is 11.5 Å². The highest BCUT2D eigenvalue weighted by atomic mass is 16.3. The van der Waals surface area contributed by atoms with Crippen LogP contribution < -0.4 is 0 Å². The number of benzene rings is 2. The molecular weight excluding hydrogens is 296 g/mol. The zero-order valence-electron chi connectivity index (χ0n) is 14.7. The summed E-state index contributed by atoms with van der Waals surface area (Å²) in [5.41, 5.74) is 4.93. The molecule has 0 amide bonds. The standard InChI is InChI=1S/C22H26O2/c1-15(2)13-21-20-11-10-19(24)14-16(20)5-4-12-22(21,3)17-6-8-18(23)9-7-17/h6-11,13-15,23-24H,4-5,12H2,1-3H3/b21-13+.